The monoisotopic (exact) mass is 333 g/mol. The molecule has 0 fully saturated rings. The van der Waals surface area contributed by atoms with E-state index in [-0.39, 0.29) is 17.2 Å². The van der Waals surface area contributed by atoms with Crippen LogP contribution in [0.1, 0.15) is 35.7 Å². The zero-order valence-electron chi connectivity index (χ0n) is 11.4. The van der Waals surface area contributed by atoms with Crippen LogP contribution in [0.2, 0.25) is 0 Å². The van der Waals surface area contributed by atoms with Gasteiger partial charge in [0.15, 0.2) is 0 Å². The van der Waals surface area contributed by atoms with Crippen molar-refractivity contribution in [1.82, 2.24) is 0 Å². The van der Waals surface area contributed by atoms with Crippen molar-refractivity contribution in [3.8, 4) is 5.75 Å². The number of halogens is 1. The molecule has 1 amide bonds. The molecule has 0 unspecified atom stereocenters. The molecule has 3 nitrogen and oxygen atoms in total. The van der Waals surface area contributed by atoms with E-state index >= 15 is 0 Å². The average Bonchev–Trinajstić information content (AvgIpc) is 2.42. The Kier molecular flexibility index (Phi) is 4.45. The molecule has 2 rings (SSSR count). The standard InChI is InChI=1S/C16H16BrNO2/c1-10(2)11-3-6-13(7-4-11)18-16(20)14-9-12(17)5-8-15(14)19/h3-10,19H,1-2H3,(H,18,20). The van der Waals surface area contributed by atoms with Crippen LogP contribution < -0.4 is 5.32 Å². The molecule has 0 aromatic heterocycles. The van der Waals surface area contributed by atoms with Crippen molar-refractivity contribution < 1.29 is 9.90 Å². The van der Waals surface area contributed by atoms with Crippen LogP contribution in [0.3, 0.4) is 0 Å². The van der Waals surface area contributed by atoms with Crippen molar-refractivity contribution in [2.24, 2.45) is 0 Å². The van der Waals surface area contributed by atoms with Crippen molar-refractivity contribution in [3.05, 3.63) is 58.1 Å². The first-order chi connectivity index (χ1) is 9.47. The first-order valence-electron chi connectivity index (χ1n) is 6.37. The smallest absolute Gasteiger partial charge is 0.259 e. The molecule has 0 atom stereocenters. The van der Waals surface area contributed by atoms with E-state index in [9.17, 15) is 9.90 Å². The molecule has 2 N–H and O–H groups in total. The van der Waals surface area contributed by atoms with Crippen molar-refractivity contribution in [3.63, 3.8) is 0 Å². The van der Waals surface area contributed by atoms with E-state index < -0.39 is 0 Å². The van der Waals surface area contributed by atoms with E-state index in [0.717, 1.165) is 4.47 Å². The summed E-state index contributed by atoms with van der Waals surface area (Å²) in [5, 5.41) is 12.5. The molecule has 2 aromatic rings. The molecule has 0 saturated carbocycles. The Morgan fingerprint density at radius 1 is 1.15 bits per heavy atom. The van der Waals surface area contributed by atoms with Crippen molar-refractivity contribution in [2.45, 2.75) is 19.8 Å². The summed E-state index contributed by atoms with van der Waals surface area (Å²) in [5.41, 5.74) is 2.17. The van der Waals surface area contributed by atoms with Crippen molar-refractivity contribution in [1.29, 1.82) is 0 Å². The summed E-state index contributed by atoms with van der Waals surface area (Å²) < 4.78 is 0.746. The van der Waals surface area contributed by atoms with E-state index in [1.165, 1.54) is 11.6 Å². The zero-order valence-corrected chi connectivity index (χ0v) is 12.9. The van der Waals surface area contributed by atoms with Gasteiger partial charge in [-0.2, -0.15) is 0 Å². The van der Waals surface area contributed by atoms with Crippen molar-refractivity contribution >= 4 is 27.5 Å². The Balaban J connectivity index is 2.17. The van der Waals surface area contributed by atoms with Gasteiger partial charge in [0.05, 0.1) is 5.56 Å². The lowest BCUT2D eigenvalue weighted by Crippen LogP contribution is -2.12. The number of benzene rings is 2. The molecular formula is C16H16BrNO2. The molecule has 0 aliphatic heterocycles. The third kappa shape index (κ3) is 3.39. The number of hydrogen-bond donors (Lipinski definition) is 2. The normalized spacial score (nSPS) is 10.6. The summed E-state index contributed by atoms with van der Waals surface area (Å²) in [7, 11) is 0. The van der Waals surface area contributed by atoms with Crippen LogP contribution in [-0.2, 0) is 0 Å². The quantitative estimate of drug-likeness (QED) is 0.866. The molecule has 0 aliphatic carbocycles. The van der Waals surface area contributed by atoms with Crippen LogP contribution in [0.15, 0.2) is 46.9 Å². The van der Waals surface area contributed by atoms with Crippen LogP contribution >= 0.6 is 15.9 Å². The molecule has 0 saturated heterocycles. The average molecular weight is 334 g/mol. The number of hydrogen-bond acceptors (Lipinski definition) is 2. The summed E-state index contributed by atoms with van der Waals surface area (Å²) >= 11 is 3.28. The lowest BCUT2D eigenvalue weighted by atomic mass is 10.0. The molecule has 4 heteroatoms. The predicted octanol–water partition coefficient (Wildman–Crippen LogP) is 4.53. The fraction of sp³-hybridized carbons (Fsp3) is 0.188. The minimum atomic E-state index is -0.332. The third-order valence-electron chi connectivity index (χ3n) is 3.04. The zero-order chi connectivity index (χ0) is 14.7. The molecule has 0 bridgehead atoms. The molecule has 0 radical (unpaired) electrons. The SMILES string of the molecule is CC(C)c1ccc(NC(=O)c2cc(Br)ccc2O)cc1. The predicted molar refractivity (Wildman–Crippen MR) is 84.3 cm³/mol. The summed E-state index contributed by atoms with van der Waals surface area (Å²) in [5.74, 6) is 0.0828. The number of amides is 1. The number of aromatic hydroxyl groups is 1. The number of phenolic OH excluding ortho intramolecular Hbond substituents is 1. The van der Waals surface area contributed by atoms with Gasteiger partial charge in [-0.3, -0.25) is 4.79 Å². The number of carbonyl (C=O) groups is 1. The summed E-state index contributed by atoms with van der Waals surface area (Å²) in [6, 6.07) is 12.5. The molecule has 0 heterocycles. The minimum absolute atomic E-state index is 0.0375. The summed E-state index contributed by atoms with van der Waals surface area (Å²) in [4.78, 5) is 12.1. The van der Waals surface area contributed by atoms with Crippen LogP contribution in [-0.4, -0.2) is 11.0 Å². The minimum Gasteiger partial charge on any atom is -0.507 e. The van der Waals surface area contributed by atoms with Gasteiger partial charge < -0.3 is 10.4 Å². The molecule has 0 spiro atoms. The lowest BCUT2D eigenvalue weighted by molar-refractivity contribution is 0.102. The van der Waals surface area contributed by atoms with Gasteiger partial charge in [0.2, 0.25) is 0 Å². The van der Waals surface area contributed by atoms with Crippen LogP contribution in [0.4, 0.5) is 5.69 Å². The number of anilines is 1. The first kappa shape index (κ1) is 14.6. The maximum absolute atomic E-state index is 12.1. The molecule has 2 aromatic carbocycles. The molecular weight excluding hydrogens is 318 g/mol. The van der Waals surface area contributed by atoms with Crippen LogP contribution in [0.5, 0.6) is 5.75 Å². The molecule has 0 aliphatic rings. The number of nitrogens with one attached hydrogen (secondary N) is 1. The van der Waals surface area contributed by atoms with Crippen molar-refractivity contribution in [2.75, 3.05) is 5.32 Å². The largest absolute Gasteiger partial charge is 0.507 e. The van der Waals surface area contributed by atoms with E-state index in [2.05, 4.69) is 35.1 Å². The second kappa shape index (κ2) is 6.09. The van der Waals surface area contributed by atoms with Gasteiger partial charge in [-0.25, -0.2) is 0 Å². The Labute approximate surface area is 126 Å². The van der Waals surface area contributed by atoms with E-state index in [0.29, 0.717) is 11.6 Å². The highest BCUT2D eigenvalue weighted by molar-refractivity contribution is 9.10. The van der Waals surface area contributed by atoms with Gasteiger partial charge in [-0.1, -0.05) is 41.9 Å². The maximum Gasteiger partial charge on any atom is 0.259 e. The lowest BCUT2D eigenvalue weighted by Gasteiger charge is -2.09. The number of carbonyl (C=O) groups excluding carboxylic acids is 1. The Hall–Kier alpha value is -1.81. The second-order valence-corrected chi connectivity index (χ2v) is 5.81. The Morgan fingerprint density at radius 2 is 1.80 bits per heavy atom. The first-order valence-corrected chi connectivity index (χ1v) is 7.16. The highest BCUT2D eigenvalue weighted by Crippen LogP contribution is 2.23. The van der Waals surface area contributed by atoms with Gasteiger partial charge in [-0.05, 0) is 41.8 Å². The maximum atomic E-state index is 12.1. The van der Waals surface area contributed by atoms with Gasteiger partial charge in [0.25, 0.3) is 5.91 Å². The number of phenols is 1. The van der Waals surface area contributed by atoms with Crippen LogP contribution in [0.25, 0.3) is 0 Å². The Morgan fingerprint density at radius 3 is 2.40 bits per heavy atom. The molecule has 20 heavy (non-hydrogen) atoms. The van der Waals surface area contributed by atoms with E-state index in [4.69, 9.17) is 0 Å². The highest BCUT2D eigenvalue weighted by Gasteiger charge is 2.12. The van der Waals surface area contributed by atoms with Gasteiger partial charge in [0, 0.05) is 10.2 Å². The Bertz CT molecular complexity index is 621. The van der Waals surface area contributed by atoms with Crippen LogP contribution in [0, 0.1) is 0 Å². The number of rotatable bonds is 3. The topological polar surface area (TPSA) is 49.3 Å². The summed E-state index contributed by atoms with van der Waals surface area (Å²) in [6.07, 6.45) is 0. The molecule has 104 valence electrons. The highest BCUT2D eigenvalue weighted by atomic mass is 79.9. The second-order valence-electron chi connectivity index (χ2n) is 4.89. The van der Waals surface area contributed by atoms with Gasteiger partial charge in [0.1, 0.15) is 5.75 Å². The van der Waals surface area contributed by atoms with E-state index in [1.807, 2.05) is 24.3 Å². The van der Waals surface area contributed by atoms with Gasteiger partial charge in [-0.15, -0.1) is 0 Å². The fourth-order valence-electron chi connectivity index (χ4n) is 1.84. The van der Waals surface area contributed by atoms with Gasteiger partial charge >= 0.3 is 0 Å². The summed E-state index contributed by atoms with van der Waals surface area (Å²) in [6.45, 7) is 4.24. The fourth-order valence-corrected chi connectivity index (χ4v) is 2.20. The van der Waals surface area contributed by atoms with E-state index in [1.54, 1.807) is 12.1 Å². The third-order valence-corrected chi connectivity index (χ3v) is 3.53.